The van der Waals surface area contributed by atoms with Gasteiger partial charge in [-0.2, -0.15) is 0 Å². The molecule has 0 atom stereocenters. The molecule has 13 heteroatoms. The number of carbonyl (C=O) groups is 1. The molecular weight excluding hydrogens is 487 g/mol. The number of ether oxygens (including phenoxy) is 1. The van der Waals surface area contributed by atoms with Crippen molar-refractivity contribution in [2.24, 2.45) is 0 Å². The van der Waals surface area contributed by atoms with Gasteiger partial charge in [0.2, 0.25) is 10.0 Å². The van der Waals surface area contributed by atoms with E-state index in [-0.39, 0.29) is 35.9 Å². The number of methoxy groups -OCH3 is 1. The van der Waals surface area contributed by atoms with Gasteiger partial charge in [-0.15, -0.1) is 0 Å². The summed E-state index contributed by atoms with van der Waals surface area (Å²) in [5.74, 6) is 0.111. The number of hydrogen-bond acceptors (Lipinski definition) is 9. The highest BCUT2D eigenvalue weighted by Crippen LogP contribution is 2.25. The Hall–Kier alpha value is -2.54. The van der Waals surface area contributed by atoms with Crippen molar-refractivity contribution in [3.63, 3.8) is 0 Å². The molecule has 1 saturated carbocycles. The molecule has 0 unspecified atom stereocenters. The Balaban J connectivity index is 1.43. The molecule has 0 radical (unpaired) electrons. The van der Waals surface area contributed by atoms with Gasteiger partial charge >= 0.3 is 5.97 Å². The summed E-state index contributed by atoms with van der Waals surface area (Å²) in [4.78, 5) is 19.5. The Bertz CT molecular complexity index is 1080. The third-order valence-corrected chi connectivity index (χ3v) is 7.05. The second kappa shape index (κ2) is 12.2. The number of hydrogen-bond donors (Lipinski definition) is 4. The van der Waals surface area contributed by atoms with Crippen molar-refractivity contribution in [1.82, 2.24) is 20.0 Å². The summed E-state index contributed by atoms with van der Waals surface area (Å²) in [6.45, 7) is 0.135. The minimum atomic E-state index is -3.45. The van der Waals surface area contributed by atoms with Crippen molar-refractivity contribution in [2.45, 2.75) is 37.8 Å². The summed E-state index contributed by atoms with van der Waals surface area (Å²) >= 11 is 5.82. The molecule has 4 N–H and O–H groups in total. The predicted octanol–water partition coefficient (Wildman–Crippen LogP) is 2.42. The number of sulfonamides is 1. The molecule has 0 bridgehead atoms. The number of rotatable bonds is 11. The van der Waals surface area contributed by atoms with Crippen LogP contribution in [0.5, 0.6) is 0 Å². The summed E-state index contributed by atoms with van der Waals surface area (Å²) in [7, 11) is -2.17. The number of benzene rings is 1. The maximum atomic E-state index is 13.3. The minimum absolute atomic E-state index is 0.0160. The first-order valence-electron chi connectivity index (χ1n) is 10.8. The van der Waals surface area contributed by atoms with Gasteiger partial charge in [-0.05, 0) is 43.9 Å². The zero-order valence-corrected chi connectivity index (χ0v) is 20.3. The number of aromatic nitrogens is 2. The summed E-state index contributed by atoms with van der Waals surface area (Å²) in [5, 5.41) is 9.18. The number of nitrogens with zero attached hydrogens (tertiary/aromatic N) is 2. The van der Waals surface area contributed by atoms with Crippen LogP contribution in [-0.4, -0.2) is 62.4 Å². The summed E-state index contributed by atoms with van der Waals surface area (Å²) in [5.41, 5.74) is 0.601. The van der Waals surface area contributed by atoms with E-state index in [0.29, 0.717) is 30.2 Å². The molecule has 1 aromatic heterocycles. The van der Waals surface area contributed by atoms with E-state index in [1.807, 2.05) is 0 Å². The molecule has 1 aliphatic rings. The lowest BCUT2D eigenvalue weighted by Gasteiger charge is -2.29. The topological polar surface area (TPSA) is 134 Å². The first-order chi connectivity index (χ1) is 16.2. The van der Waals surface area contributed by atoms with E-state index in [9.17, 15) is 17.6 Å². The number of halogens is 2. The molecule has 10 nitrogen and oxygen atoms in total. The molecule has 1 aliphatic carbocycles. The van der Waals surface area contributed by atoms with Crippen LogP contribution < -0.4 is 20.7 Å². The van der Waals surface area contributed by atoms with Crippen molar-refractivity contribution in [2.75, 3.05) is 36.6 Å². The molecule has 0 spiro atoms. The van der Waals surface area contributed by atoms with E-state index in [1.165, 1.54) is 25.6 Å². The highest BCUT2D eigenvalue weighted by atomic mass is 35.5. The standard InChI is InChI=1S/C21H28ClFN6O4S/c1-33-21(30)12-24-8-9-34(31,32)29-15-4-2-14(3-5-15)27-19-11-20(26-13-25-19)28-16-6-7-18(23)17(22)10-16/h6-7,10-11,13-15,24,29H,2-5,8-9,12H2,1H3,(H2,25,26,27,28)/t14-,15-. The van der Waals surface area contributed by atoms with Gasteiger partial charge in [-0.1, -0.05) is 11.6 Å². The second-order valence-corrected chi connectivity index (χ2v) is 10.2. The van der Waals surface area contributed by atoms with Crippen LogP contribution in [-0.2, 0) is 19.6 Å². The van der Waals surface area contributed by atoms with Gasteiger partial charge in [0.1, 0.15) is 23.8 Å². The summed E-state index contributed by atoms with van der Waals surface area (Å²) < 4.78 is 45.1. The molecule has 1 aromatic carbocycles. The van der Waals surface area contributed by atoms with Crippen LogP contribution in [0.15, 0.2) is 30.6 Å². The van der Waals surface area contributed by atoms with E-state index < -0.39 is 21.8 Å². The van der Waals surface area contributed by atoms with Crippen molar-refractivity contribution >= 4 is 44.9 Å². The Labute approximate surface area is 203 Å². The lowest BCUT2D eigenvalue weighted by Crippen LogP contribution is -2.42. The van der Waals surface area contributed by atoms with Gasteiger partial charge in [-0.3, -0.25) is 4.79 Å². The smallest absolute Gasteiger partial charge is 0.319 e. The van der Waals surface area contributed by atoms with E-state index >= 15 is 0 Å². The van der Waals surface area contributed by atoms with Crippen LogP contribution >= 0.6 is 11.6 Å². The average Bonchev–Trinajstić information content (AvgIpc) is 2.80. The van der Waals surface area contributed by atoms with E-state index in [2.05, 4.69) is 35.4 Å². The highest BCUT2D eigenvalue weighted by molar-refractivity contribution is 7.89. The molecule has 0 saturated heterocycles. The van der Waals surface area contributed by atoms with Gasteiger partial charge in [0.05, 0.1) is 24.4 Å². The van der Waals surface area contributed by atoms with Crippen molar-refractivity contribution in [3.05, 3.63) is 41.4 Å². The Morgan fingerprint density at radius 3 is 2.56 bits per heavy atom. The maximum Gasteiger partial charge on any atom is 0.319 e. The zero-order valence-electron chi connectivity index (χ0n) is 18.7. The lowest BCUT2D eigenvalue weighted by atomic mass is 9.92. The van der Waals surface area contributed by atoms with Crippen LogP contribution in [0, 0.1) is 5.82 Å². The predicted molar refractivity (Wildman–Crippen MR) is 128 cm³/mol. The van der Waals surface area contributed by atoms with Crippen molar-refractivity contribution < 1.29 is 22.3 Å². The number of carbonyl (C=O) groups excluding carboxylic acids is 1. The molecule has 1 heterocycles. The number of anilines is 3. The lowest BCUT2D eigenvalue weighted by molar-refractivity contribution is -0.139. The number of esters is 1. The molecule has 0 aliphatic heterocycles. The van der Waals surface area contributed by atoms with Gasteiger partial charge in [0.15, 0.2) is 0 Å². The molecule has 2 aromatic rings. The molecule has 1 fully saturated rings. The molecule has 3 rings (SSSR count). The fourth-order valence-corrected chi connectivity index (χ4v) is 5.03. The highest BCUT2D eigenvalue weighted by Gasteiger charge is 2.25. The monoisotopic (exact) mass is 514 g/mol. The van der Waals surface area contributed by atoms with Crippen molar-refractivity contribution in [3.8, 4) is 0 Å². The fraction of sp³-hybridized carbons (Fsp3) is 0.476. The van der Waals surface area contributed by atoms with Crippen LogP contribution in [0.2, 0.25) is 5.02 Å². The second-order valence-electron chi connectivity index (χ2n) is 7.92. The van der Waals surface area contributed by atoms with Crippen LogP contribution in [0.1, 0.15) is 25.7 Å². The molecule has 186 valence electrons. The third-order valence-electron chi connectivity index (χ3n) is 5.33. The first-order valence-corrected chi connectivity index (χ1v) is 12.9. The largest absolute Gasteiger partial charge is 0.468 e. The molecule has 0 amide bonds. The van der Waals surface area contributed by atoms with Crippen LogP contribution in [0.4, 0.5) is 21.7 Å². The first kappa shape index (κ1) is 26.1. The maximum absolute atomic E-state index is 13.3. The fourth-order valence-electron chi connectivity index (χ4n) is 3.57. The van der Waals surface area contributed by atoms with Gasteiger partial charge in [-0.25, -0.2) is 27.5 Å². The molecular formula is C21H28ClFN6O4S. The van der Waals surface area contributed by atoms with Crippen LogP contribution in [0.25, 0.3) is 0 Å². The minimum Gasteiger partial charge on any atom is -0.468 e. The summed E-state index contributed by atoms with van der Waals surface area (Å²) in [6, 6.07) is 6.07. The zero-order chi connectivity index (χ0) is 24.6. The van der Waals surface area contributed by atoms with E-state index in [1.54, 1.807) is 12.1 Å². The molecule has 34 heavy (non-hydrogen) atoms. The van der Waals surface area contributed by atoms with Gasteiger partial charge in [0, 0.05) is 30.4 Å². The van der Waals surface area contributed by atoms with Gasteiger partial charge in [0.25, 0.3) is 0 Å². The Kier molecular flexibility index (Phi) is 9.39. The van der Waals surface area contributed by atoms with Crippen molar-refractivity contribution in [1.29, 1.82) is 0 Å². The quantitative estimate of drug-likeness (QED) is 0.263. The van der Waals surface area contributed by atoms with Gasteiger partial charge < -0.3 is 20.7 Å². The number of nitrogens with one attached hydrogen (secondary N) is 4. The van der Waals surface area contributed by atoms with E-state index in [4.69, 9.17) is 11.6 Å². The third kappa shape index (κ3) is 8.35. The Morgan fingerprint density at radius 1 is 1.15 bits per heavy atom. The normalized spacial score (nSPS) is 18.3. The van der Waals surface area contributed by atoms with E-state index in [0.717, 1.165) is 12.8 Å². The SMILES string of the molecule is COC(=O)CNCCS(=O)(=O)N[C@H]1CC[C@H](Nc2cc(Nc3ccc(F)c(Cl)c3)ncn2)CC1. The van der Waals surface area contributed by atoms with Crippen LogP contribution in [0.3, 0.4) is 0 Å². The average molecular weight is 515 g/mol. The summed E-state index contributed by atoms with van der Waals surface area (Å²) in [6.07, 6.45) is 4.35. The Morgan fingerprint density at radius 2 is 1.85 bits per heavy atom.